The third-order valence-corrected chi connectivity index (χ3v) is 1.66. The largest absolute Gasteiger partial charge is 0.380 e. The molecule has 0 bridgehead atoms. The minimum absolute atomic E-state index is 0.225. The highest BCUT2D eigenvalue weighted by Gasteiger charge is 2.06. The highest BCUT2D eigenvalue weighted by atomic mass is 16.5. The Kier molecular flexibility index (Phi) is 6.00. The molecule has 0 saturated carbocycles. The van der Waals surface area contributed by atoms with E-state index < -0.39 is 0 Å². The molecule has 0 atom stereocenters. The van der Waals surface area contributed by atoms with Crippen molar-refractivity contribution < 1.29 is 4.74 Å². The molecule has 2 heteroatoms. The molecule has 0 rings (SSSR count). The van der Waals surface area contributed by atoms with E-state index in [2.05, 4.69) is 39.1 Å². The van der Waals surface area contributed by atoms with Crippen molar-refractivity contribution in [1.29, 1.82) is 0 Å². The minimum atomic E-state index is 0.225. The number of hydrogen-bond donors (Lipinski definition) is 1. The molecule has 2 nitrogen and oxygen atoms in total. The van der Waals surface area contributed by atoms with Gasteiger partial charge in [-0.15, -0.1) is 0 Å². The monoisotopic (exact) mass is 185 g/mol. The minimum Gasteiger partial charge on any atom is -0.380 e. The van der Waals surface area contributed by atoms with Crippen LogP contribution in [0.3, 0.4) is 0 Å². The van der Waals surface area contributed by atoms with E-state index in [1.54, 1.807) is 7.11 Å². The van der Waals surface area contributed by atoms with Crippen LogP contribution >= 0.6 is 0 Å². The third kappa shape index (κ3) is 9.57. The molecule has 0 aliphatic carbocycles. The van der Waals surface area contributed by atoms with Crippen molar-refractivity contribution in [2.45, 2.75) is 39.7 Å². The van der Waals surface area contributed by atoms with Gasteiger partial charge in [0, 0.05) is 12.6 Å². The fourth-order valence-corrected chi connectivity index (χ4v) is 1.05. The first-order valence-electron chi connectivity index (χ1n) is 4.85. The zero-order valence-electron chi connectivity index (χ0n) is 9.61. The van der Waals surface area contributed by atoms with Crippen LogP contribution in [0.15, 0.2) is 11.6 Å². The predicted octanol–water partition coefficient (Wildman–Crippen LogP) is 2.36. The summed E-state index contributed by atoms with van der Waals surface area (Å²) >= 11 is 0. The van der Waals surface area contributed by atoms with Gasteiger partial charge in [0.25, 0.3) is 0 Å². The average molecular weight is 185 g/mol. The molecule has 0 saturated heterocycles. The van der Waals surface area contributed by atoms with Crippen molar-refractivity contribution in [2.75, 3.05) is 20.3 Å². The van der Waals surface area contributed by atoms with Gasteiger partial charge in [0.2, 0.25) is 0 Å². The molecule has 0 amide bonds. The van der Waals surface area contributed by atoms with Gasteiger partial charge < -0.3 is 10.1 Å². The van der Waals surface area contributed by atoms with Crippen LogP contribution < -0.4 is 5.32 Å². The molecule has 0 fully saturated rings. The molecule has 0 heterocycles. The van der Waals surface area contributed by atoms with Gasteiger partial charge in [-0.2, -0.15) is 0 Å². The molecule has 0 aromatic carbocycles. The van der Waals surface area contributed by atoms with Crippen LogP contribution in [0.25, 0.3) is 0 Å². The summed E-state index contributed by atoms with van der Waals surface area (Å²) in [6.45, 7) is 10.4. The van der Waals surface area contributed by atoms with E-state index in [1.165, 1.54) is 5.57 Å². The summed E-state index contributed by atoms with van der Waals surface area (Å²) in [5.41, 5.74) is 1.53. The zero-order valence-corrected chi connectivity index (χ0v) is 9.61. The lowest BCUT2D eigenvalue weighted by molar-refractivity contribution is 0.225. The number of hydrogen-bond acceptors (Lipinski definition) is 2. The maximum atomic E-state index is 5.01. The lowest BCUT2D eigenvalue weighted by Crippen LogP contribution is -2.36. The molecule has 0 aliphatic heterocycles. The number of nitrogens with one attached hydrogen (secondary N) is 1. The molecule has 1 N–H and O–H groups in total. The van der Waals surface area contributed by atoms with Crippen LogP contribution in [-0.4, -0.2) is 25.8 Å². The highest BCUT2D eigenvalue weighted by molar-refractivity contribution is 4.98. The summed E-state index contributed by atoms with van der Waals surface area (Å²) < 4.78 is 5.01. The Morgan fingerprint density at radius 1 is 1.38 bits per heavy atom. The van der Waals surface area contributed by atoms with Gasteiger partial charge in [-0.1, -0.05) is 11.6 Å². The molecular weight excluding hydrogens is 162 g/mol. The molecular formula is C11H23NO. The Bertz CT molecular complexity index is 156. The topological polar surface area (TPSA) is 21.3 Å². The van der Waals surface area contributed by atoms with E-state index in [4.69, 9.17) is 4.74 Å². The summed E-state index contributed by atoms with van der Waals surface area (Å²) in [4.78, 5) is 0. The van der Waals surface area contributed by atoms with Crippen molar-refractivity contribution in [3.05, 3.63) is 11.6 Å². The van der Waals surface area contributed by atoms with Gasteiger partial charge in [-0.25, -0.2) is 0 Å². The van der Waals surface area contributed by atoms with Crippen LogP contribution in [0.4, 0.5) is 0 Å². The Balaban J connectivity index is 3.50. The molecule has 0 aromatic heterocycles. The van der Waals surface area contributed by atoms with Gasteiger partial charge >= 0.3 is 0 Å². The normalized spacial score (nSPS) is 13.5. The molecule has 0 unspecified atom stereocenters. The summed E-state index contributed by atoms with van der Waals surface area (Å²) in [5.74, 6) is 0. The van der Waals surface area contributed by atoms with Gasteiger partial charge in [-0.05, 0) is 40.7 Å². The lowest BCUT2D eigenvalue weighted by atomic mass is 10.1. The standard InChI is InChI=1S/C11H23NO/c1-10(9-13-5)7-6-8-12-11(2,3)4/h7,12H,6,8-9H2,1-5H3. The summed E-state index contributed by atoms with van der Waals surface area (Å²) in [7, 11) is 1.73. The van der Waals surface area contributed by atoms with Crippen LogP contribution in [0.1, 0.15) is 34.1 Å². The van der Waals surface area contributed by atoms with E-state index in [1.807, 2.05) is 0 Å². The van der Waals surface area contributed by atoms with Gasteiger partial charge in [0.1, 0.15) is 0 Å². The van der Waals surface area contributed by atoms with E-state index in [9.17, 15) is 0 Å². The predicted molar refractivity (Wildman–Crippen MR) is 58.0 cm³/mol. The van der Waals surface area contributed by atoms with Crippen LogP contribution in [0.5, 0.6) is 0 Å². The van der Waals surface area contributed by atoms with E-state index >= 15 is 0 Å². The molecule has 78 valence electrons. The Labute approximate surface area is 82.4 Å². The Hall–Kier alpha value is -0.340. The van der Waals surface area contributed by atoms with Gasteiger partial charge in [0.05, 0.1) is 6.61 Å². The van der Waals surface area contributed by atoms with Crippen molar-refractivity contribution in [3.8, 4) is 0 Å². The maximum Gasteiger partial charge on any atom is 0.0670 e. The SMILES string of the molecule is COCC(C)=CCCNC(C)(C)C. The maximum absolute atomic E-state index is 5.01. The van der Waals surface area contributed by atoms with Gasteiger partial charge in [0.15, 0.2) is 0 Å². The first kappa shape index (κ1) is 12.7. The van der Waals surface area contributed by atoms with Crippen molar-refractivity contribution >= 4 is 0 Å². The summed E-state index contributed by atoms with van der Waals surface area (Å²) in [5, 5.41) is 3.43. The van der Waals surface area contributed by atoms with Crippen LogP contribution in [-0.2, 0) is 4.74 Å². The van der Waals surface area contributed by atoms with Crippen molar-refractivity contribution in [2.24, 2.45) is 0 Å². The number of rotatable bonds is 5. The van der Waals surface area contributed by atoms with Crippen molar-refractivity contribution in [1.82, 2.24) is 5.32 Å². The van der Waals surface area contributed by atoms with Crippen LogP contribution in [0, 0.1) is 0 Å². The fraction of sp³-hybridized carbons (Fsp3) is 0.818. The number of ether oxygens (including phenoxy) is 1. The van der Waals surface area contributed by atoms with E-state index in [0.29, 0.717) is 0 Å². The third-order valence-electron chi connectivity index (χ3n) is 1.66. The molecule has 0 spiro atoms. The average Bonchev–Trinajstić information content (AvgIpc) is 1.97. The second-order valence-corrected chi connectivity index (χ2v) is 4.45. The first-order chi connectivity index (χ1) is 5.95. The zero-order chi connectivity index (χ0) is 10.3. The van der Waals surface area contributed by atoms with E-state index in [0.717, 1.165) is 19.6 Å². The van der Waals surface area contributed by atoms with Gasteiger partial charge in [-0.3, -0.25) is 0 Å². The molecule has 0 aliphatic rings. The number of methoxy groups -OCH3 is 1. The molecule has 0 radical (unpaired) electrons. The lowest BCUT2D eigenvalue weighted by Gasteiger charge is -2.19. The highest BCUT2D eigenvalue weighted by Crippen LogP contribution is 2.00. The first-order valence-corrected chi connectivity index (χ1v) is 4.85. The Morgan fingerprint density at radius 2 is 2.00 bits per heavy atom. The van der Waals surface area contributed by atoms with Crippen LogP contribution in [0.2, 0.25) is 0 Å². The fourth-order valence-electron chi connectivity index (χ4n) is 1.05. The summed E-state index contributed by atoms with van der Waals surface area (Å²) in [6, 6.07) is 0. The quantitative estimate of drug-likeness (QED) is 0.524. The smallest absolute Gasteiger partial charge is 0.0670 e. The Morgan fingerprint density at radius 3 is 2.46 bits per heavy atom. The van der Waals surface area contributed by atoms with E-state index in [-0.39, 0.29) is 5.54 Å². The molecule has 0 aromatic rings. The second kappa shape index (κ2) is 6.17. The summed E-state index contributed by atoms with van der Waals surface area (Å²) in [6.07, 6.45) is 3.30. The molecule has 13 heavy (non-hydrogen) atoms. The van der Waals surface area contributed by atoms with Crippen molar-refractivity contribution in [3.63, 3.8) is 0 Å². The second-order valence-electron chi connectivity index (χ2n) is 4.45.